The zero-order valence-electron chi connectivity index (χ0n) is 10.7. The first-order valence-electron chi connectivity index (χ1n) is 5.52. The molecule has 0 aromatic heterocycles. The Morgan fingerprint density at radius 3 is 2.59 bits per heavy atom. The number of nitrogens with one attached hydrogen (secondary N) is 1. The SMILES string of the molecule is CC(=O)ON=C1C(=O)Nc2cc(Br)c([N+](=O)[O-])c(Br)c2C1=O. The monoisotopic (exact) mass is 433 g/mol. The molecule has 1 N–H and O–H groups in total. The highest BCUT2D eigenvalue weighted by molar-refractivity contribution is 9.11. The molecule has 0 unspecified atom stereocenters. The van der Waals surface area contributed by atoms with Gasteiger partial charge in [-0.25, -0.2) is 4.79 Å². The Labute approximate surface area is 139 Å². The lowest BCUT2D eigenvalue weighted by atomic mass is 9.99. The molecule has 2 rings (SSSR count). The Hall–Kier alpha value is -2.14. The van der Waals surface area contributed by atoms with E-state index in [0.29, 0.717) is 0 Å². The van der Waals surface area contributed by atoms with Gasteiger partial charge in [-0.1, -0.05) is 5.16 Å². The number of amides is 1. The highest BCUT2D eigenvalue weighted by atomic mass is 79.9. The first kappa shape index (κ1) is 16.2. The highest BCUT2D eigenvalue weighted by Gasteiger charge is 2.37. The average molecular weight is 435 g/mol. The van der Waals surface area contributed by atoms with Crippen LogP contribution in [0, 0.1) is 10.1 Å². The van der Waals surface area contributed by atoms with Gasteiger partial charge in [-0.2, -0.15) is 0 Å². The normalized spacial score (nSPS) is 15.3. The molecule has 0 fully saturated rings. The molecule has 1 aliphatic heterocycles. The van der Waals surface area contributed by atoms with Crippen molar-refractivity contribution in [1.29, 1.82) is 0 Å². The molecule has 0 radical (unpaired) electrons. The second-order valence-electron chi connectivity index (χ2n) is 4.01. The van der Waals surface area contributed by atoms with Crippen LogP contribution in [0.4, 0.5) is 11.4 Å². The number of ketones is 1. The van der Waals surface area contributed by atoms with Crippen molar-refractivity contribution in [3.63, 3.8) is 0 Å². The maximum Gasteiger partial charge on any atom is 0.332 e. The second kappa shape index (κ2) is 5.93. The summed E-state index contributed by atoms with van der Waals surface area (Å²) in [5, 5.41) is 16.6. The minimum atomic E-state index is -0.900. The van der Waals surface area contributed by atoms with Crippen molar-refractivity contribution < 1.29 is 24.1 Å². The summed E-state index contributed by atoms with van der Waals surface area (Å²) >= 11 is 5.98. The molecule has 1 amide bonds. The van der Waals surface area contributed by atoms with E-state index in [9.17, 15) is 24.5 Å². The van der Waals surface area contributed by atoms with E-state index in [4.69, 9.17) is 0 Å². The zero-order valence-corrected chi connectivity index (χ0v) is 13.8. The first-order chi connectivity index (χ1) is 10.2. The number of Topliss-reactive ketones (excluding diaryl/α,β-unsaturated/α-hetero) is 1. The summed E-state index contributed by atoms with van der Waals surface area (Å²) in [6.45, 7) is 1.04. The number of benzene rings is 1. The maximum absolute atomic E-state index is 12.3. The van der Waals surface area contributed by atoms with Crippen LogP contribution >= 0.6 is 31.9 Å². The molecule has 9 nitrogen and oxygen atoms in total. The van der Waals surface area contributed by atoms with Crippen molar-refractivity contribution in [3.05, 3.63) is 30.7 Å². The zero-order chi connectivity index (χ0) is 16.6. The van der Waals surface area contributed by atoms with Crippen molar-refractivity contribution in [2.75, 3.05) is 5.32 Å². The largest absolute Gasteiger partial charge is 0.332 e. The number of fused-ring (bicyclic) bond motifs is 1. The maximum atomic E-state index is 12.3. The third kappa shape index (κ3) is 2.76. The van der Waals surface area contributed by atoms with Crippen molar-refractivity contribution in [2.45, 2.75) is 6.92 Å². The minimum Gasteiger partial charge on any atom is -0.320 e. The Morgan fingerprint density at radius 1 is 1.41 bits per heavy atom. The molecule has 114 valence electrons. The lowest BCUT2D eigenvalue weighted by Crippen LogP contribution is -2.36. The fourth-order valence-corrected chi connectivity index (χ4v) is 3.28. The molecule has 0 saturated heterocycles. The van der Waals surface area contributed by atoms with Crippen molar-refractivity contribution in [3.8, 4) is 0 Å². The number of oxime groups is 1. The van der Waals surface area contributed by atoms with Crippen LogP contribution in [0.15, 0.2) is 20.2 Å². The predicted molar refractivity (Wildman–Crippen MR) is 80.7 cm³/mol. The molecular formula is C11H5Br2N3O6. The number of hydrogen-bond acceptors (Lipinski definition) is 7. The highest BCUT2D eigenvalue weighted by Crippen LogP contribution is 2.41. The molecule has 0 bridgehead atoms. The summed E-state index contributed by atoms with van der Waals surface area (Å²) in [6, 6.07) is 1.23. The van der Waals surface area contributed by atoms with E-state index in [1.54, 1.807) is 0 Å². The average Bonchev–Trinajstić information content (AvgIpc) is 2.36. The number of nitrogens with zero attached hydrogens (tertiary/aromatic N) is 2. The minimum absolute atomic E-state index is 0.0705. The van der Waals surface area contributed by atoms with Gasteiger partial charge in [0.25, 0.3) is 11.6 Å². The standard InChI is InChI=1S/C11H5Br2N3O6/c1-3(17)22-15-8-10(18)6-5(14-11(8)19)2-4(12)9(7(6)13)16(20)21/h2H,1H3,(H,14,19). The van der Waals surface area contributed by atoms with Gasteiger partial charge in [0.2, 0.25) is 11.5 Å². The quantitative estimate of drug-likeness (QED) is 0.431. The van der Waals surface area contributed by atoms with E-state index in [1.165, 1.54) is 6.07 Å². The number of nitro groups is 1. The van der Waals surface area contributed by atoms with Gasteiger partial charge in [0.1, 0.15) is 4.47 Å². The molecule has 1 heterocycles. The molecule has 1 aliphatic rings. The Morgan fingerprint density at radius 2 is 2.05 bits per heavy atom. The molecule has 0 atom stereocenters. The van der Waals surface area contributed by atoms with E-state index in [1.807, 2.05) is 0 Å². The van der Waals surface area contributed by atoms with E-state index in [2.05, 4.69) is 47.2 Å². The van der Waals surface area contributed by atoms with Crippen LogP contribution in [0.1, 0.15) is 17.3 Å². The number of halogens is 2. The molecule has 0 spiro atoms. The lowest BCUT2D eigenvalue weighted by molar-refractivity contribution is -0.386. The van der Waals surface area contributed by atoms with Gasteiger partial charge in [-0.3, -0.25) is 19.7 Å². The van der Waals surface area contributed by atoms with Gasteiger partial charge in [0, 0.05) is 6.92 Å². The number of carbonyl (C=O) groups excluding carboxylic acids is 3. The van der Waals surface area contributed by atoms with Crippen LogP contribution in [0.5, 0.6) is 0 Å². The summed E-state index contributed by atoms with van der Waals surface area (Å²) < 4.78 is -0.0426. The van der Waals surface area contributed by atoms with Crippen LogP contribution < -0.4 is 5.32 Å². The van der Waals surface area contributed by atoms with E-state index in [0.717, 1.165) is 6.92 Å². The van der Waals surface area contributed by atoms with Crippen LogP contribution in [0.2, 0.25) is 0 Å². The number of nitro benzene ring substituents is 1. The number of hydrogen-bond donors (Lipinski definition) is 1. The molecule has 22 heavy (non-hydrogen) atoms. The number of rotatable bonds is 2. The Kier molecular flexibility index (Phi) is 4.37. The molecule has 0 aliphatic carbocycles. The van der Waals surface area contributed by atoms with E-state index < -0.39 is 28.3 Å². The van der Waals surface area contributed by atoms with Crippen LogP contribution in [-0.2, 0) is 14.4 Å². The molecule has 0 saturated carbocycles. The second-order valence-corrected chi connectivity index (χ2v) is 5.65. The van der Waals surface area contributed by atoms with E-state index in [-0.39, 0.29) is 25.9 Å². The van der Waals surface area contributed by atoms with Gasteiger partial charge in [0.15, 0.2) is 0 Å². The number of carbonyl (C=O) groups is 3. The smallest absolute Gasteiger partial charge is 0.320 e. The molecule has 1 aromatic rings. The van der Waals surface area contributed by atoms with Gasteiger partial charge in [-0.05, 0) is 37.9 Å². The summed E-state index contributed by atoms with van der Waals surface area (Å²) in [6.07, 6.45) is 0. The number of anilines is 1. The molecular weight excluding hydrogens is 430 g/mol. The lowest BCUT2D eigenvalue weighted by Gasteiger charge is -2.18. The fourth-order valence-electron chi connectivity index (χ4n) is 1.69. The van der Waals surface area contributed by atoms with Gasteiger partial charge >= 0.3 is 5.97 Å². The van der Waals surface area contributed by atoms with Crippen LogP contribution in [0.3, 0.4) is 0 Å². The van der Waals surface area contributed by atoms with Crippen molar-refractivity contribution in [2.24, 2.45) is 5.16 Å². The summed E-state index contributed by atoms with van der Waals surface area (Å²) in [7, 11) is 0. The third-order valence-corrected chi connectivity index (χ3v) is 3.92. The fraction of sp³-hybridized carbons (Fsp3) is 0.0909. The van der Waals surface area contributed by atoms with E-state index >= 15 is 0 Å². The topological polar surface area (TPSA) is 128 Å². The van der Waals surface area contributed by atoms with Crippen molar-refractivity contribution in [1.82, 2.24) is 0 Å². The van der Waals surface area contributed by atoms with Gasteiger partial charge < -0.3 is 10.2 Å². The Balaban J connectivity index is 2.64. The first-order valence-corrected chi connectivity index (χ1v) is 7.10. The van der Waals surface area contributed by atoms with Crippen molar-refractivity contribution >= 4 is 66.6 Å². The molecule has 11 heteroatoms. The predicted octanol–water partition coefficient (Wildman–Crippen LogP) is 2.17. The van der Waals surface area contributed by atoms with Crippen LogP contribution in [-0.4, -0.2) is 28.3 Å². The summed E-state index contributed by atoms with van der Waals surface area (Å²) in [5.74, 6) is -2.60. The Bertz CT molecular complexity index is 774. The van der Waals surface area contributed by atoms with Gasteiger partial charge in [-0.15, -0.1) is 0 Å². The molecule has 1 aromatic carbocycles. The third-order valence-electron chi connectivity index (χ3n) is 2.55. The summed E-state index contributed by atoms with van der Waals surface area (Å²) in [5.41, 5.74) is -1.14. The van der Waals surface area contributed by atoms with Gasteiger partial charge in [0.05, 0.1) is 20.6 Å². The summed E-state index contributed by atoms with van der Waals surface area (Å²) in [4.78, 5) is 49.5. The van der Waals surface area contributed by atoms with Crippen LogP contribution in [0.25, 0.3) is 0 Å².